The fourth-order valence-corrected chi connectivity index (χ4v) is 7.12. The van der Waals surface area contributed by atoms with Gasteiger partial charge in [-0.25, -0.2) is 9.59 Å². The highest BCUT2D eigenvalue weighted by molar-refractivity contribution is 6.05. The third kappa shape index (κ3) is 9.00. The molecule has 294 valence electrons. The highest BCUT2D eigenvalue weighted by Gasteiger charge is 2.29. The number of carbonyl (C=O) groups excluding carboxylic acids is 2. The van der Waals surface area contributed by atoms with Gasteiger partial charge in [0.15, 0.2) is 0 Å². The maximum absolute atomic E-state index is 14.1. The van der Waals surface area contributed by atoms with Gasteiger partial charge < -0.3 is 33.5 Å². The molecule has 0 radical (unpaired) electrons. The number of nitrogens with zero attached hydrogens (tertiary/aromatic N) is 4. The molecule has 0 saturated carbocycles. The molecule has 1 amide bonds. The average Bonchev–Trinajstić information content (AvgIpc) is 3.68. The van der Waals surface area contributed by atoms with Crippen LogP contribution in [-0.2, 0) is 42.7 Å². The number of esters is 1. The molecular weight excluding hydrogens is 709 g/mol. The molecule has 0 aliphatic rings. The number of rotatable bonds is 16. The Balaban J connectivity index is 1.42. The number of aromatic nitrogens is 3. The normalized spacial score (nSPS) is 11.6. The van der Waals surface area contributed by atoms with Crippen LogP contribution in [0.15, 0.2) is 91.0 Å². The van der Waals surface area contributed by atoms with Crippen LogP contribution >= 0.6 is 0 Å². The SMILES string of the molecule is CCOC(=O)c1c(CCCOc2cccc3ccccc23)c2cccc(-c3c(COc4ccccc4)nn(C)c3CO)c2n1CCCN(C)C(=O)OC(C)(C)C. The summed E-state index contributed by atoms with van der Waals surface area (Å²) in [6.07, 6.45) is 1.27. The number of carbonyl (C=O) groups is 2. The molecule has 1 N–H and O–H groups in total. The summed E-state index contributed by atoms with van der Waals surface area (Å²) in [5.41, 5.74) is 4.28. The summed E-state index contributed by atoms with van der Waals surface area (Å²) in [4.78, 5) is 28.5. The van der Waals surface area contributed by atoms with Crippen LogP contribution in [0.4, 0.5) is 4.79 Å². The van der Waals surface area contributed by atoms with Gasteiger partial charge >= 0.3 is 12.1 Å². The van der Waals surface area contributed by atoms with Crippen molar-refractivity contribution < 1.29 is 33.6 Å². The van der Waals surface area contributed by atoms with Crippen molar-refractivity contribution in [2.24, 2.45) is 7.05 Å². The van der Waals surface area contributed by atoms with Gasteiger partial charge in [-0.3, -0.25) is 4.68 Å². The Morgan fingerprint density at radius 2 is 1.59 bits per heavy atom. The van der Waals surface area contributed by atoms with E-state index in [9.17, 15) is 14.7 Å². The monoisotopic (exact) mass is 760 g/mol. The van der Waals surface area contributed by atoms with Gasteiger partial charge in [-0.1, -0.05) is 72.8 Å². The van der Waals surface area contributed by atoms with Gasteiger partial charge in [-0.05, 0) is 76.1 Å². The number of fused-ring (bicyclic) bond motifs is 2. The van der Waals surface area contributed by atoms with Gasteiger partial charge in [-0.2, -0.15) is 5.10 Å². The molecule has 6 aromatic rings. The van der Waals surface area contributed by atoms with Crippen LogP contribution in [0, 0.1) is 0 Å². The zero-order chi connectivity index (χ0) is 39.8. The number of benzene rings is 4. The molecule has 0 atom stereocenters. The molecule has 11 nitrogen and oxygen atoms in total. The molecule has 0 spiro atoms. The molecule has 2 aromatic heterocycles. The maximum atomic E-state index is 14.1. The topological polar surface area (TPSA) is 117 Å². The number of para-hydroxylation sites is 2. The standard InChI is InChI=1S/C45H52N4O7/c1-7-53-43(51)42-35(24-15-28-54-39-25-13-18-31-17-11-12-21-33(31)39)34-22-14-23-36(41(34)49(42)27-16-26-47(5)44(52)56-45(2,3)4)40-37(46-48(6)38(40)29-50)30-55-32-19-9-8-10-20-32/h8-14,17-23,25,50H,7,15-16,24,26-30H2,1-6H3. The molecule has 0 aliphatic heterocycles. The van der Waals surface area contributed by atoms with Gasteiger partial charge in [0, 0.05) is 49.1 Å². The van der Waals surface area contributed by atoms with E-state index in [-0.39, 0.29) is 19.8 Å². The fourth-order valence-electron chi connectivity index (χ4n) is 7.12. The first kappa shape index (κ1) is 39.9. The summed E-state index contributed by atoms with van der Waals surface area (Å²) in [6.45, 7) is 8.63. The minimum atomic E-state index is -0.629. The van der Waals surface area contributed by atoms with Gasteiger partial charge in [0.2, 0.25) is 0 Å². The van der Waals surface area contributed by atoms with E-state index in [1.807, 2.05) is 98.1 Å². The quantitative estimate of drug-likeness (QED) is 0.0770. The van der Waals surface area contributed by atoms with Gasteiger partial charge in [0.25, 0.3) is 0 Å². The number of hydrogen-bond donors (Lipinski definition) is 1. The van der Waals surface area contributed by atoms with Crippen molar-refractivity contribution in [2.45, 2.75) is 72.3 Å². The maximum Gasteiger partial charge on any atom is 0.410 e. The Morgan fingerprint density at radius 1 is 0.875 bits per heavy atom. The Hall–Kier alpha value is -5.81. The van der Waals surface area contributed by atoms with Gasteiger partial charge in [0.05, 0.1) is 31.0 Å². The lowest BCUT2D eigenvalue weighted by Gasteiger charge is -2.24. The first-order valence-corrected chi connectivity index (χ1v) is 19.2. The molecule has 4 aromatic carbocycles. The lowest BCUT2D eigenvalue weighted by atomic mass is 9.98. The number of aryl methyl sites for hydroxylation is 3. The van der Waals surface area contributed by atoms with E-state index in [1.54, 1.807) is 30.6 Å². The van der Waals surface area contributed by atoms with Crippen molar-refractivity contribution in [2.75, 3.05) is 26.8 Å². The number of amides is 1. The summed E-state index contributed by atoms with van der Waals surface area (Å²) in [6, 6.07) is 29.7. The van der Waals surface area contributed by atoms with Gasteiger partial charge in [-0.15, -0.1) is 0 Å². The predicted octanol–water partition coefficient (Wildman–Crippen LogP) is 8.71. The van der Waals surface area contributed by atoms with E-state index in [0.29, 0.717) is 61.8 Å². The van der Waals surface area contributed by atoms with Crippen LogP contribution in [0.5, 0.6) is 11.5 Å². The third-order valence-electron chi connectivity index (χ3n) is 9.59. The first-order valence-electron chi connectivity index (χ1n) is 19.2. The van der Waals surface area contributed by atoms with Gasteiger partial charge in [0.1, 0.15) is 35.1 Å². The summed E-state index contributed by atoms with van der Waals surface area (Å²) >= 11 is 0. The number of ether oxygens (including phenoxy) is 4. The fraction of sp³-hybridized carbons (Fsp3) is 0.356. The summed E-state index contributed by atoms with van der Waals surface area (Å²) < 4.78 is 27.6. The van der Waals surface area contributed by atoms with E-state index < -0.39 is 17.7 Å². The molecule has 56 heavy (non-hydrogen) atoms. The second kappa shape index (κ2) is 17.8. The molecular formula is C45H52N4O7. The Kier molecular flexibility index (Phi) is 12.6. The van der Waals surface area contributed by atoms with E-state index in [0.717, 1.165) is 44.1 Å². The molecule has 11 heteroatoms. The number of aliphatic hydroxyl groups is 1. The molecule has 0 saturated heterocycles. The van der Waals surface area contributed by atoms with E-state index in [2.05, 4.69) is 18.2 Å². The Labute approximate surface area is 328 Å². The smallest absolute Gasteiger partial charge is 0.410 e. The Morgan fingerprint density at radius 3 is 2.34 bits per heavy atom. The number of hydrogen-bond acceptors (Lipinski definition) is 8. The second-order valence-corrected chi connectivity index (χ2v) is 14.7. The van der Waals surface area contributed by atoms with Crippen LogP contribution in [0.1, 0.15) is 68.0 Å². The zero-order valence-electron chi connectivity index (χ0n) is 33.2. The molecule has 0 aliphatic carbocycles. The van der Waals surface area contributed by atoms with Crippen LogP contribution < -0.4 is 9.47 Å². The first-order chi connectivity index (χ1) is 27.0. The minimum absolute atomic E-state index is 0.161. The predicted molar refractivity (Wildman–Crippen MR) is 218 cm³/mol. The van der Waals surface area contributed by atoms with E-state index >= 15 is 0 Å². The minimum Gasteiger partial charge on any atom is -0.493 e. The van der Waals surface area contributed by atoms with Crippen LogP contribution in [-0.4, -0.2) is 68.8 Å². The molecule has 0 fully saturated rings. The van der Waals surface area contributed by atoms with Crippen LogP contribution in [0.2, 0.25) is 0 Å². The largest absolute Gasteiger partial charge is 0.493 e. The van der Waals surface area contributed by atoms with Crippen molar-refractivity contribution in [3.8, 4) is 22.6 Å². The lowest BCUT2D eigenvalue weighted by Crippen LogP contribution is -2.35. The van der Waals surface area contributed by atoms with Crippen LogP contribution in [0.25, 0.3) is 32.8 Å². The van der Waals surface area contributed by atoms with Crippen molar-refractivity contribution in [3.63, 3.8) is 0 Å². The highest BCUT2D eigenvalue weighted by Crippen LogP contribution is 2.39. The van der Waals surface area contributed by atoms with E-state index in [4.69, 9.17) is 24.0 Å². The lowest BCUT2D eigenvalue weighted by molar-refractivity contribution is 0.0294. The molecule has 2 heterocycles. The average molecular weight is 761 g/mol. The third-order valence-corrected chi connectivity index (χ3v) is 9.59. The van der Waals surface area contributed by atoms with Crippen molar-refractivity contribution in [1.29, 1.82) is 0 Å². The second-order valence-electron chi connectivity index (χ2n) is 14.7. The van der Waals surface area contributed by atoms with E-state index in [1.165, 1.54) is 0 Å². The van der Waals surface area contributed by atoms with Crippen LogP contribution in [0.3, 0.4) is 0 Å². The summed E-state index contributed by atoms with van der Waals surface area (Å²) in [7, 11) is 3.52. The highest BCUT2D eigenvalue weighted by atomic mass is 16.6. The summed E-state index contributed by atoms with van der Waals surface area (Å²) in [5.74, 6) is 1.08. The van der Waals surface area contributed by atoms with Crippen molar-refractivity contribution in [3.05, 3.63) is 114 Å². The zero-order valence-corrected chi connectivity index (χ0v) is 33.2. The molecule has 6 rings (SSSR count). The Bertz CT molecular complexity index is 2280. The number of aliphatic hydroxyl groups excluding tert-OH is 1. The molecule has 0 bridgehead atoms. The molecule has 0 unspecified atom stereocenters. The van der Waals surface area contributed by atoms with Crippen molar-refractivity contribution >= 4 is 33.7 Å². The van der Waals surface area contributed by atoms with Crippen molar-refractivity contribution in [1.82, 2.24) is 19.2 Å². The summed E-state index contributed by atoms with van der Waals surface area (Å²) in [5, 5.41) is 18.6.